The number of rotatable bonds is 6. The van der Waals surface area contributed by atoms with Gasteiger partial charge in [0.25, 0.3) is 11.7 Å². The number of halogens is 1. The fraction of sp³-hybridized carbons (Fsp3) is 0.273. The number of carbonyl (C=O) groups excluding carboxylic acids is 3. The third-order valence-corrected chi connectivity index (χ3v) is 5.35. The van der Waals surface area contributed by atoms with Gasteiger partial charge in [-0.05, 0) is 61.7 Å². The molecule has 1 atom stereocenters. The van der Waals surface area contributed by atoms with Crippen LogP contribution in [-0.4, -0.2) is 46.2 Å². The third kappa shape index (κ3) is 5.36. The topological polar surface area (TPSA) is 164 Å². The molecule has 9 nitrogen and oxygen atoms in total. The summed E-state index contributed by atoms with van der Waals surface area (Å²) in [4.78, 5) is 38.4. The van der Waals surface area contributed by atoms with Crippen LogP contribution in [-0.2, 0) is 16.0 Å². The Balaban J connectivity index is 0.00000363. The number of hydrogen-bond donors (Lipinski definition) is 5. The van der Waals surface area contributed by atoms with Gasteiger partial charge >= 0.3 is 0 Å². The highest BCUT2D eigenvalue weighted by Gasteiger charge is 2.33. The lowest BCUT2D eigenvalue weighted by molar-refractivity contribution is -0.121. The van der Waals surface area contributed by atoms with Crippen molar-refractivity contribution in [2.75, 3.05) is 11.9 Å². The Morgan fingerprint density at radius 1 is 1.19 bits per heavy atom. The molecular formula is C22H26ClN5O4. The largest absolute Gasteiger partial charge is 1.00 e. The fourth-order valence-corrected chi connectivity index (χ4v) is 3.73. The average Bonchev–Trinajstić information content (AvgIpc) is 3.19. The second-order valence-electron chi connectivity index (χ2n) is 7.61. The molecule has 0 unspecified atom stereocenters. The van der Waals surface area contributed by atoms with Crippen molar-refractivity contribution in [3.8, 4) is 5.75 Å². The van der Waals surface area contributed by atoms with Gasteiger partial charge in [0.1, 0.15) is 11.8 Å². The first-order valence-electron chi connectivity index (χ1n) is 9.88. The molecular weight excluding hydrogens is 434 g/mol. The number of carbonyl (C=O) groups is 3. The molecule has 2 aromatic rings. The summed E-state index contributed by atoms with van der Waals surface area (Å²) in [5.74, 6) is -1.06. The molecule has 32 heavy (non-hydrogen) atoms. The van der Waals surface area contributed by atoms with E-state index < -0.39 is 11.9 Å². The molecule has 1 aliphatic heterocycles. The summed E-state index contributed by atoms with van der Waals surface area (Å²) in [6.07, 6.45) is 1.21. The summed E-state index contributed by atoms with van der Waals surface area (Å²) in [5, 5.41) is 18.3. The monoisotopic (exact) mass is 459 g/mol. The molecule has 170 valence electrons. The normalized spacial score (nSPS) is 15.0. The van der Waals surface area contributed by atoms with Gasteiger partial charge in [0.05, 0.1) is 12.0 Å². The van der Waals surface area contributed by atoms with Crippen molar-refractivity contribution >= 4 is 29.2 Å². The molecule has 1 fully saturated rings. The zero-order valence-electron chi connectivity index (χ0n) is 17.6. The number of aromatic hydroxyl groups is 1. The molecule has 0 saturated carbocycles. The SMILES string of the molecule is Cc1cc(NC(=O)Cc2cc(C(N)=[NH2+])ccc2O)ccc1C(=O)N1CCC[C@H]1C(N)=O.[Cl-]. The van der Waals surface area contributed by atoms with E-state index in [1.54, 1.807) is 37.3 Å². The summed E-state index contributed by atoms with van der Waals surface area (Å²) in [6, 6.07) is 8.88. The second-order valence-corrected chi connectivity index (χ2v) is 7.61. The number of nitrogens with zero attached hydrogens (tertiary/aromatic N) is 1. The summed E-state index contributed by atoms with van der Waals surface area (Å²) in [5.41, 5.74) is 13.5. The van der Waals surface area contributed by atoms with Crippen LogP contribution in [0.3, 0.4) is 0 Å². The molecule has 3 amide bonds. The number of hydrogen-bond acceptors (Lipinski definition) is 4. The minimum atomic E-state index is -0.588. The Morgan fingerprint density at radius 3 is 2.53 bits per heavy atom. The minimum Gasteiger partial charge on any atom is -1.00 e. The first kappa shape index (κ1) is 24.7. The number of anilines is 1. The van der Waals surface area contributed by atoms with Gasteiger partial charge in [-0.1, -0.05) is 0 Å². The molecule has 1 saturated heterocycles. The van der Waals surface area contributed by atoms with E-state index in [1.807, 2.05) is 0 Å². The Bertz CT molecular complexity index is 1070. The lowest BCUT2D eigenvalue weighted by atomic mass is 10.0. The number of benzene rings is 2. The molecule has 2 aromatic carbocycles. The van der Waals surface area contributed by atoms with Crippen molar-refractivity contribution in [2.24, 2.45) is 11.5 Å². The molecule has 1 heterocycles. The van der Waals surface area contributed by atoms with E-state index >= 15 is 0 Å². The number of likely N-dealkylation sites (tertiary alicyclic amines) is 1. The van der Waals surface area contributed by atoms with Gasteiger partial charge in [-0.25, -0.2) is 0 Å². The smallest absolute Gasteiger partial charge is 0.270 e. The third-order valence-electron chi connectivity index (χ3n) is 5.35. The number of phenols is 1. The Kier molecular flexibility index (Phi) is 7.82. The number of nitrogens with one attached hydrogen (secondary N) is 1. The number of aryl methyl sites for hydroxylation is 1. The van der Waals surface area contributed by atoms with E-state index in [4.69, 9.17) is 16.9 Å². The molecule has 0 aliphatic carbocycles. The molecule has 0 bridgehead atoms. The molecule has 0 spiro atoms. The number of amides is 3. The predicted octanol–water partition coefficient (Wildman–Crippen LogP) is -3.56. The fourth-order valence-electron chi connectivity index (χ4n) is 3.73. The van der Waals surface area contributed by atoms with Crippen LogP contribution in [0.1, 0.15) is 39.9 Å². The van der Waals surface area contributed by atoms with Crippen molar-refractivity contribution in [1.82, 2.24) is 4.90 Å². The molecule has 0 aromatic heterocycles. The summed E-state index contributed by atoms with van der Waals surface area (Å²) in [7, 11) is 0. The zero-order valence-corrected chi connectivity index (χ0v) is 18.4. The van der Waals surface area contributed by atoms with Crippen LogP contribution >= 0.6 is 0 Å². The second kappa shape index (κ2) is 10.1. The number of amidine groups is 1. The van der Waals surface area contributed by atoms with Gasteiger partial charge in [-0.2, -0.15) is 0 Å². The lowest BCUT2D eigenvalue weighted by Crippen LogP contribution is -3.00. The van der Waals surface area contributed by atoms with Gasteiger partial charge in [-0.3, -0.25) is 25.5 Å². The Labute approximate surface area is 191 Å². The maximum atomic E-state index is 12.9. The van der Waals surface area contributed by atoms with E-state index in [0.29, 0.717) is 40.9 Å². The zero-order chi connectivity index (χ0) is 22.7. The van der Waals surface area contributed by atoms with Crippen molar-refractivity contribution in [3.05, 3.63) is 58.7 Å². The molecule has 3 rings (SSSR count). The highest BCUT2D eigenvalue weighted by molar-refractivity contribution is 6.00. The van der Waals surface area contributed by atoms with Crippen molar-refractivity contribution in [3.63, 3.8) is 0 Å². The minimum absolute atomic E-state index is 0. The predicted molar refractivity (Wildman–Crippen MR) is 115 cm³/mol. The first-order chi connectivity index (χ1) is 14.7. The van der Waals surface area contributed by atoms with Crippen molar-refractivity contribution < 1.29 is 37.3 Å². The first-order valence-corrected chi connectivity index (χ1v) is 9.88. The summed E-state index contributed by atoms with van der Waals surface area (Å²) in [6.45, 7) is 2.24. The highest BCUT2D eigenvalue weighted by Crippen LogP contribution is 2.24. The summed E-state index contributed by atoms with van der Waals surface area (Å²) >= 11 is 0. The molecule has 1 aliphatic rings. The van der Waals surface area contributed by atoms with Crippen LogP contribution in [0.5, 0.6) is 5.75 Å². The highest BCUT2D eigenvalue weighted by atomic mass is 35.5. The number of phenolic OH excluding ortho intramolecular Hbond substituents is 1. The lowest BCUT2D eigenvalue weighted by Gasteiger charge is -2.23. The van der Waals surface area contributed by atoms with E-state index in [1.165, 1.54) is 11.0 Å². The Hall–Kier alpha value is -3.59. The van der Waals surface area contributed by atoms with E-state index in [2.05, 4.69) is 5.32 Å². The van der Waals surface area contributed by atoms with Gasteiger partial charge < -0.3 is 33.5 Å². The van der Waals surface area contributed by atoms with Gasteiger partial charge in [0, 0.05) is 23.4 Å². The van der Waals surface area contributed by atoms with Crippen LogP contribution in [0.15, 0.2) is 36.4 Å². The van der Waals surface area contributed by atoms with Crippen LogP contribution in [0.25, 0.3) is 0 Å². The average molecular weight is 460 g/mol. The van der Waals surface area contributed by atoms with Gasteiger partial charge in [0.15, 0.2) is 0 Å². The van der Waals surface area contributed by atoms with Crippen LogP contribution < -0.4 is 34.6 Å². The maximum absolute atomic E-state index is 12.9. The van der Waals surface area contributed by atoms with Crippen LogP contribution in [0, 0.1) is 6.92 Å². The van der Waals surface area contributed by atoms with Crippen LogP contribution in [0.2, 0.25) is 0 Å². The summed E-state index contributed by atoms with van der Waals surface area (Å²) < 4.78 is 0. The van der Waals surface area contributed by atoms with Gasteiger partial charge in [0.2, 0.25) is 11.8 Å². The van der Waals surface area contributed by atoms with E-state index in [9.17, 15) is 19.5 Å². The van der Waals surface area contributed by atoms with Crippen molar-refractivity contribution in [1.29, 1.82) is 0 Å². The maximum Gasteiger partial charge on any atom is 0.270 e. The standard InChI is InChI=1S/C22H25N5O4.ClH/c1-12-9-15(5-6-16(12)22(31)27-8-2-3-17(27)21(25)30)26-19(29)11-14-10-13(20(23)24)4-7-18(14)28;/h4-7,9-10,17,28H,2-3,8,11H2,1H3,(H3,23,24)(H2,25,30)(H,26,29);1H/t17-;/m0./s1. The van der Waals surface area contributed by atoms with Crippen LogP contribution in [0.4, 0.5) is 5.69 Å². The van der Waals surface area contributed by atoms with E-state index in [0.717, 1.165) is 6.42 Å². The van der Waals surface area contributed by atoms with Gasteiger partial charge in [-0.15, -0.1) is 0 Å². The molecule has 0 radical (unpaired) electrons. The number of nitrogens with two attached hydrogens (primary N) is 3. The van der Waals surface area contributed by atoms with E-state index in [-0.39, 0.29) is 42.2 Å². The Morgan fingerprint density at radius 2 is 1.91 bits per heavy atom. The number of primary amides is 1. The van der Waals surface area contributed by atoms with Crippen molar-refractivity contribution in [2.45, 2.75) is 32.2 Å². The quantitative estimate of drug-likeness (QED) is 0.222. The molecule has 8 N–H and O–H groups in total. The molecule has 10 heteroatoms.